The highest BCUT2D eigenvalue weighted by molar-refractivity contribution is 5.23. The van der Waals surface area contributed by atoms with Crippen LogP contribution in [0, 0.1) is 12.8 Å². The summed E-state index contributed by atoms with van der Waals surface area (Å²) in [4.78, 5) is 0. The summed E-state index contributed by atoms with van der Waals surface area (Å²) in [5.74, 6) is 0.941. The smallest absolute Gasteiger partial charge is 0.0110 e. The third kappa shape index (κ3) is 3.08. The molecule has 0 aromatic heterocycles. The normalized spacial score (nSPS) is 25.6. The van der Waals surface area contributed by atoms with Gasteiger partial charge in [-0.05, 0) is 44.2 Å². The highest BCUT2D eigenvalue weighted by Gasteiger charge is 2.20. The van der Waals surface area contributed by atoms with Gasteiger partial charge in [0.15, 0.2) is 0 Å². The largest absolute Gasteiger partial charge is 0.314 e. The fraction of sp³-hybridized carbons (Fsp3) is 0.600. The molecule has 1 heterocycles. The van der Waals surface area contributed by atoms with E-state index >= 15 is 0 Å². The lowest BCUT2D eigenvalue weighted by Crippen LogP contribution is -2.39. The van der Waals surface area contributed by atoms with Crippen LogP contribution in [-0.4, -0.2) is 12.6 Å². The maximum absolute atomic E-state index is 3.65. The fourth-order valence-corrected chi connectivity index (χ4v) is 2.75. The van der Waals surface area contributed by atoms with Gasteiger partial charge in [-0.3, -0.25) is 0 Å². The molecule has 1 heteroatoms. The molecule has 1 aliphatic heterocycles. The van der Waals surface area contributed by atoms with E-state index in [9.17, 15) is 0 Å². The molecule has 1 fully saturated rings. The van der Waals surface area contributed by atoms with Gasteiger partial charge in [0.25, 0.3) is 0 Å². The fourth-order valence-electron chi connectivity index (χ4n) is 2.75. The number of nitrogens with one attached hydrogen (secondary N) is 1. The lowest BCUT2D eigenvalue weighted by molar-refractivity contribution is 0.294. The van der Waals surface area contributed by atoms with Gasteiger partial charge in [-0.2, -0.15) is 0 Å². The van der Waals surface area contributed by atoms with Crippen LogP contribution in [0.1, 0.15) is 37.3 Å². The maximum atomic E-state index is 3.65. The molecule has 88 valence electrons. The van der Waals surface area contributed by atoms with Gasteiger partial charge in [-0.15, -0.1) is 0 Å². The van der Waals surface area contributed by atoms with Crippen LogP contribution < -0.4 is 5.32 Å². The summed E-state index contributed by atoms with van der Waals surface area (Å²) in [5, 5.41) is 3.65. The average molecular weight is 217 g/mol. The Morgan fingerprint density at radius 3 is 3.00 bits per heavy atom. The molecule has 2 atom stereocenters. The Hall–Kier alpha value is -0.820. The average Bonchev–Trinajstić information content (AvgIpc) is 2.29. The third-order valence-corrected chi connectivity index (χ3v) is 3.75. The number of aryl methyl sites for hydroxylation is 1. The zero-order chi connectivity index (χ0) is 11.4. The minimum Gasteiger partial charge on any atom is -0.314 e. The van der Waals surface area contributed by atoms with E-state index in [0.717, 1.165) is 5.92 Å². The van der Waals surface area contributed by atoms with E-state index in [1.807, 2.05) is 0 Å². The molecule has 0 amide bonds. The van der Waals surface area contributed by atoms with E-state index in [1.54, 1.807) is 0 Å². The van der Waals surface area contributed by atoms with Crippen molar-refractivity contribution in [3.05, 3.63) is 35.4 Å². The molecule has 1 nitrogen and oxygen atoms in total. The van der Waals surface area contributed by atoms with Crippen molar-refractivity contribution in [1.29, 1.82) is 0 Å². The molecule has 1 aliphatic rings. The number of piperidine rings is 1. The van der Waals surface area contributed by atoms with Gasteiger partial charge >= 0.3 is 0 Å². The first-order chi connectivity index (χ1) is 7.78. The number of hydrogen-bond acceptors (Lipinski definition) is 1. The Kier molecular flexibility index (Phi) is 4.00. The Bertz CT molecular complexity index is 332. The first-order valence-corrected chi connectivity index (χ1v) is 6.57. The summed E-state index contributed by atoms with van der Waals surface area (Å²) >= 11 is 0. The van der Waals surface area contributed by atoms with Crippen LogP contribution in [0.3, 0.4) is 0 Å². The van der Waals surface area contributed by atoms with Gasteiger partial charge in [0.05, 0.1) is 0 Å². The summed E-state index contributed by atoms with van der Waals surface area (Å²) in [6.45, 7) is 5.70. The first-order valence-electron chi connectivity index (χ1n) is 6.57. The van der Waals surface area contributed by atoms with Crippen molar-refractivity contribution in [3.8, 4) is 0 Å². The number of hydrogen-bond donors (Lipinski definition) is 1. The Labute approximate surface area is 99.3 Å². The van der Waals surface area contributed by atoms with Crippen molar-refractivity contribution in [2.24, 2.45) is 5.92 Å². The molecule has 0 radical (unpaired) electrons. The van der Waals surface area contributed by atoms with E-state index in [1.165, 1.54) is 43.4 Å². The standard InChI is InChI=1S/C15H23N/c1-3-13-7-8-16-15(10-13)11-14-6-4-5-12(2)9-14/h4-6,9,13,15-16H,3,7-8,10-11H2,1-2H3. The van der Waals surface area contributed by atoms with Crippen molar-refractivity contribution in [2.45, 2.75) is 45.6 Å². The monoisotopic (exact) mass is 217 g/mol. The number of rotatable bonds is 3. The predicted molar refractivity (Wildman–Crippen MR) is 69.7 cm³/mol. The van der Waals surface area contributed by atoms with Crippen LogP contribution in [0.4, 0.5) is 0 Å². The van der Waals surface area contributed by atoms with Crippen molar-refractivity contribution in [2.75, 3.05) is 6.54 Å². The molecule has 0 spiro atoms. The van der Waals surface area contributed by atoms with Crippen molar-refractivity contribution >= 4 is 0 Å². The zero-order valence-corrected chi connectivity index (χ0v) is 10.5. The van der Waals surface area contributed by atoms with E-state index in [2.05, 4.69) is 43.4 Å². The van der Waals surface area contributed by atoms with Gasteiger partial charge in [-0.25, -0.2) is 0 Å². The highest BCUT2D eigenvalue weighted by Crippen LogP contribution is 2.21. The van der Waals surface area contributed by atoms with Crippen LogP contribution >= 0.6 is 0 Å². The van der Waals surface area contributed by atoms with Gasteiger partial charge in [0.1, 0.15) is 0 Å². The van der Waals surface area contributed by atoms with E-state index in [0.29, 0.717) is 6.04 Å². The summed E-state index contributed by atoms with van der Waals surface area (Å²) in [5.41, 5.74) is 2.86. The lowest BCUT2D eigenvalue weighted by atomic mass is 9.87. The molecule has 1 N–H and O–H groups in total. The Morgan fingerprint density at radius 2 is 2.25 bits per heavy atom. The van der Waals surface area contributed by atoms with Gasteiger partial charge in [-0.1, -0.05) is 43.2 Å². The summed E-state index contributed by atoms with van der Waals surface area (Å²) in [6, 6.07) is 9.61. The summed E-state index contributed by atoms with van der Waals surface area (Å²) in [7, 11) is 0. The molecule has 1 saturated heterocycles. The molecule has 2 rings (SSSR count). The Morgan fingerprint density at radius 1 is 1.38 bits per heavy atom. The molecular formula is C15H23N. The molecular weight excluding hydrogens is 194 g/mol. The van der Waals surface area contributed by atoms with Gasteiger partial charge < -0.3 is 5.32 Å². The molecule has 0 aliphatic carbocycles. The predicted octanol–water partition coefficient (Wildman–Crippen LogP) is 3.32. The van der Waals surface area contributed by atoms with Crippen LogP contribution in [0.25, 0.3) is 0 Å². The van der Waals surface area contributed by atoms with Crippen LogP contribution in [0.15, 0.2) is 24.3 Å². The second-order valence-electron chi connectivity index (χ2n) is 5.14. The quantitative estimate of drug-likeness (QED) is 0.819. The van der Waals surface area contributed by atoms with E-state index in [4.69, 9.17) is 0 Å². The van der Waals surface area contributed by atoms with E-state index < -0.39 is 0 Å². The van der Waals surface area contributed by atoms with Gasteiger partial charge in [0.2, 0.25) is 0 Å². The van der Waals surface area contributed by atoms with Crippen LogP contribution in [0.5, 0.6) is 0 Å². The summed E-state index contributed by atoms with van der Waals surface area (Å²) < 4.78 is 0. The second kappa shape index (κ2) is 5.49. The van der Waals surface area contributed by atoms with Crippen molar-refractivity contribution < 1.29 is 0 Å². The first kappa shape index (κ1) is 11.7. The molecule has 1 aromatic carbocycles. The lowest BCUT2D eigenvalue weighted by Gasteiger charge is -2.30. The third-order valence-electron chi connectivity index (χ3n) is 3.75. The minimum atomic E-state index is 0.695. The number of benzene rings is 1. The van der Waals surface area contributed by atoms with Gasteiger partial charge in [0, 0.05) is 6.04 Å². The zero-order valence-electron chi connectivity index (χ0n) is 10.5. The second-order valence-corrected chi connectivity index (χ2v) is 5.14. The molecule has 16 heavy (non-hydrogen) atoms. The SMILES string of the molecule is CCC1CCNC(Cc2cccc(C)c2)C1. The van der Waals surface area contributed by atoms with E-state index in [-0.39, 0.29) is 0 Å². The van der Waals surface area contributed by atoms with Crippen LogP contribution in [-0.2, 0) is 6.42 Å². The topological polar surface area (TPSA) is 12.0 Å². The molecule has 0 saturated carbocycles. The molecule has 0 bridgehead atoms. The van der Waals surface area contributed by atoms with Crippen molar-refractivity contribution in [1.82, 2.24) is 5.32 Å². The highest BCUT2D eigenvalue weighted by atomic mass is 14.9. The molecule has 2 unspecified atom stereocenters. The maximum Gasteiger partial charge on any atom is 0.0110 e. The van der Waals surface area contributed by atoms with Crippen LogP contribution in [0.2, 0.25) is 0 Å². The summed E-state index contributed by atoms with van der Waals surface area (Å²) in [6.07, 6.45) is 5.25. The minimum absolute atomic E-state index is 0.695. The van der Waals surface area contributed by atoms with Crippen molar-refractivity contribution in [3.63, 3.8) is 0 Å². The molecule has 1 aromatic rings. The Balaban J connectivity index is 1.94.